The van der Waals surface area contributed by atoms with Gasteiger partial charge in [-0.1, -0.05) is 42.5 Å². The van der Waals surface area contributed by atoms with Crippen LogP contribution in [0.25, 0.3) is 0 Å². The van der Waals surface area contributed by atoms with E-state index in [0.29, 0.717) is 22.9 Å². The molecule has 0 aliphatic heterocycles. The van der Waals surface area contributed by atoms with E-state index in [4.69, 9.17) is 4.74 Å². The van der Waals surface area contributed by atoms with E-state index in [1.807, 2.05) is 24.3 Å². The van der Waals surface area contributed by atoms with Crippen LogP contribution in [0.1, 0.15) is 46.7 Å². The zero-order valence-electron chi connectivity index (χ0n) is 15.9. The standard InChI is InChI=1S/C23H28N2O2/c1-27-22(26)19-9-7-17(8-10-19)14-24-15-23(11-12-23)16-25-21-13-20(21)18-5-3-2-4-6-18/h2-10,20-21,24-25H,11-16H2,1H3. The molecule has 2 saturated carbocycles. The third-order valence-corrected chi connectivity index (χ3v) is 5.92. The Morgan fingerprint density at radius 1 is 1.07 bits per heavy atom. The van der Waals surface area contributed by atoms with Gasteiger partial charge in [0.05, 0.1) is 12.7 Å². The first-order chi connectivity index (χ1) is 13.2. The van der Waals surface area contributed by atoms with Gasteiger partial charge in [0.25, 0.3) is 0 Å². The van der Waals surface area contributed by atoms with E-state index in [-0.39, 0.29) is 5.97 Å². The van der Waals surface area contributed by atoms with Crippen molar-refractivity contribution in [2.24, 2.45) is 5.41 Å². The average molecular weight is 364 g/mol. The Morgan fingerprint density at radius 2 is 1.81 bits per heavy atom. The van der Waals surface area contributed by atoms with Gasteiger partial charge in [0.15, 0.2) is 0 Å². The first-order valence-corrected chi connectivity index (χ1v) is 9.85. The molecule has 0 radical (unpaired) electrons. The molecule has 0 bridgehead atoms. The summed E-state index contributed by atoms with van der Waals surface area (Å²) >= 11 is 0. The number of benzene rings is 2. The van der Waals surface area contributed by atoms with Gasteiger partial charge >= 0.3 is 5.97 Å². The molecule has 2 aliphatic carbocycles. The van der Waals surface area contributed by atoms with Crippen LogP contribution in [-0.2, 0) is 11.3 Å². The Kier molecular flexibility index (Phi) is 5.28. The van der Waals surface area contributed by atoms with E-state index in [1.54, 1.807) is 0 Å². The summed E-state index contributed by atoms with van der Waals surface area (Å²) in [6.07, 6.45) is 3.87. The van der Waals surface area contributed by atoms with Crippen LogP contribution in [0.2, 0.25) is 0 Å². The summed E-state index contributed by atoms with van der Waals surface area (Å²) in [4.78, 5) is 11.5. The van der Waals surface area contributed by atoms with Crippen LogP contribution in [0.15, 0.2) is 54.6 Å². The molecule has 2 N–H and O–H groups in total. The maximum absolute atomic E-state index is 11.5. The van der Waals surface area contributed by atoms with E-state index in [0.717, 1.165) is 19.6 Å². The Bertz CT molecular complexity index is 769. The van der Waals surface area contributed by atoms with Crippen molar-refractivity contribution in [3.8, 4) is 0 Å². The molecule has 0 spiro atoms. The van der Waals surface area contributed by atoms with Crippen LogP contribution in [0.5, 0.6) is 0 Å². The molecule has 0 aromatic heterocycles. The van der Waals surface area contributed by atoms with Crippen LogP contribution in [0, 0.1) is 5.41 Å². The lowest BCUT2D eigenvalue weighted by Gasteiger charge is -2.17. The van der Waals surface area contributed by atoms with E-state index in [9.17, 15) is 4.79 Å². The molecule has 0 heterocycles. The third kappa shape index (κ3) is 4.57. The minimum atomic E-state index is -0.286. The van der Waals surface area contributed by atoms with Gasteiger partial charge in [0.1, 0.15) is 0 Å². The number of hydrogen-bond acceptors (Lipinski definition) is 4. The molecule has 27 heavy (non-hydrogen) atoms. The van der Waals surface area contributed by atoms with E-state index in [2.05, 4.69) is 41.0 Å². The molecular formula is C23H28N2O2. The number of carbonyl (C=O) groups is 1. The molecule has 2 unspecified atom stereocenters. The first kappa shape index (κ1) is 18.2. The summed E-state index contributed by atoms with van der Waals surface area (Å²) in [5, 5.41) is 7.39. The van der Waals surface area contributed by atoms with Gasteiger partial charge in [-0.25, -0.2) is 4.79 Å². The predicted molar refractivity (Wildman–Crippen MR) is 107 cm³/mol. The lowest BCUT2D eigenvalue weighted by atomic mass is 10.1. The molecule has 2 atom stereocenters. The van der Waals surface area contributed by atoms with Gasteiger partial charge in [-0.3, -0.25) is 0 Å². The molecule has 2 aromatic rings. The molecule has 2 aromatic carbocycles. The highest BCUT2D eigenvalue weighted by Gasteiger charge is 2.45. The summed E-state index contributed by atoms with van der Waals surface area (Å²) in [6, 6.07) is 19.1. The molecule has 0 saturated heterocycles. The summed E-state index contributed by atoms with van der Waals surface area (Å²) in [6.45, 7) is 2.98. The van der Waals surface area contributed by atoms with Crippen molar-refractivity contribution >= 4 is 5.97 Å². The second-order valence-corrected chi connectivity index (χ2v) is 8.03. The molecule has 4 nitrogen and oxygen atoms in total. The zero-order valence-corrected chi connectivity index (χ0v) is 15.9. The number of carbonyl (C=O) groups excluding carboxylic acids is 1. The maximum atomic E-state index is 11.5. The first-order valence-electron chi connectivity index (χ1n) is 9.85. The van der Waals surface area contributed by atoms with Gasteiger partial charge in [-0.15, -0.1) is 0 Å². The van der Waals surface area contributed by atoms with Gasteiger partial charge in [-0.05, 0) is 47.9 Å². The number of methoxy groups -OCH3 is 1. The Hall–Kier alpha value is -2.17. The van der Waals surface area contributed by atoms with Crippen molar-refractivity contribution in [3.63, 3.8) is 0 Å². The number of hydrogen-bond donors (Lipinski definition) is 2. The van der Waals surface area contributed by atoms with E-state index >= 15 is 0 Å². The maximum Gasteiger partial charge on any atom is 0.337 e. The highest BCUT2D eigenvalue weighted by Crippen LogP contribution is 2.46. The number of nitrogens with one attached hydrogen (secondary N) is 2. The quantitative estimate of drug-likeness (QED) is 0.669. The number of rotatable bonds is 9. The molecule has 2 aliphatic rings. The monoisotopic (exact) mass is 364 g/mol. The second kappa shape index (κ2) is 7.83. The van der Waals surface area contributed by atoms with Crippen molar-refractivity contribution < 1.29 is 9.53 Å². The molecular weight excluding hydrogens is 336 g/mol. The molecule has 2 fully saturated rings. The van der Waals surface area contributed by atoms with E-state index in [1.165, 1.54) is 37.5 Å². The normalized spacial score (nSPS) is 22.3. The fraction of sp³-hybridized carbons (Fsp3) is 0.435. The Morgan fingerprint density at radius 3 is 2.48 bits per heavy atom. The van der Waals surface area contributed by atoms with Crippen LogP contribution < -0.4 is 10.6 Å². The summed E-state index contributed by atoms with van der Waals surface area (Å²) in [5.74, 6) is 0.412. The second-order valence-electron chi connectivity index (χ2n) is 8.03. The smallest absolute Gasteiger partial charge is 0.337 e. The van der Waals surface area contributed by atoms with Crippen molar-refractivity contribution in [1.82, 2.24) is 10.6 Å². The van der Waals surface area contributed by atoms with E-state index < -0.39 is 0 Å². The van der Waals surface area contributed by atoms with Gasteiger partial charge in [-0.2, -0.15) is 0 Å². The molecule has 4 heteroatoms. The highest BCUT2D eigenvalue weighted by molar-refractivity contribution is 5.89. The molecule has 4 rings (SSSR count). The Balaban J connectivity index is 1.18. The van der Waals surface area contributed by atoms with Crippen LogP contribution in [0.3, 0.4) is 0 Å². The third-order valence-electron chi connectivity index (χ3n) is 5.92. The van der Waals surface area contributed by atoms with Gasteiger partial charge in [0.2, 0.25) is 0 Å². The topological polar surface area (TPSA) is 50.4 Å². The largest absolute Gasteiger partial charge is 0.465 e. The summed E-state index contributed by atoms with van der Waals surface area (Å²) < 4.78 is 4.74. The fourth-order valence-electron chi connectivity index (χ4n) is 3.78. The van der Waals surface area contributed by atoms with Gasteiger partial charge in [0, 0.05) is 31.6 Å². The van der Waals surface area contributed by atoms with Crippen molar-refractivity contribution in [3.05, 3.63) is 71.3 Å². The zero-order chi connectivity index (χ0) is 18.7. The lowest BCUT2D eigenvalue weighted by Crippen LogP contribution is -2.34. The minimum absolute atomic E-state index is 0.286. The van der Waals surface area contributed by atoms with Crippen molar-refractivity contribution in [2.45, 2.75) is 37.8 Å². The minimum Gasteiger partial charge on any atom is -0.465 e. The SMILES string of the molecule is COC(=O)c1ccc(CNCC2(CNC3CC3c3ccccc3)CC2)cc1. The van der Waals surface area contributed by atoms with Crippen molar-refractivity contribution in [1.29, 1.82) is 0 Å². The van der Waals surface area contributed by atoms with Crippen LogP contribution in [0.4, 0.5) is 0 Å². The highest BCUT2D eigenvalue weighted by atomic mass is 16.5. The predicted octanol–water partition coefficient (Wildman–Crippen LogP) is 3.49. The number of ether oxygens (including phenoxy) is 1. The molecule has 142 valence electrons. The van der Waals surface area contributed by atoms with Crippen LogP contribution in [-0.4, -0.2) is 32.2 Å². The summed E-state index contributed by atoms with van der Waals surface area (Å²) in [5.41, 5.74) is 3.68. The Labute approximate surface area is 161 Å². The molecule has 0 amide bonds. The summed E-state index contributed by atoms with van der Waals surface area (Å²) in [7, 11) is 1.41. The fourth-order valence-corrected chi connectivity index (χ4v) is 3.78. The van der Waals surface area contributed by atoms with Crippen LogP contribution >= 0.6 is 0 Å². The average Bonchev–Trinajstić information content (AvgIpc) is 3.63. The lowest BCUT2D eigenvalue weighted by molar-refractivity contribution is 0.0600. The van der Waals surface area contributed by atoms with Gasteiger partial charge < -0.3 is 15.4 Å². The van der Waals surface area contributed by atoms with Crippen molar-refractivity contribution in [2.75, 3.05) is 20.2 Å². The number of esters is 1.